The molecule has 0 aliphatic heterocycles. The molecule has 1 fully saturated rings. The number of aryl methyl sites for hydroxylation is 1. The molecular weight excluding hydrogens is 348 g/mol. The van der Waals surface area contributed by atoms with E-state index >= 15 is 0 Å². The minimum absolute atomic E-state index is 0.120. The third-order valence-corrected chi connectivity index (χ3v) is 5.35. The summed E-state index contributed by atoms with van der Waals surface area (Å²) in [7, 11) is 1.55. The standard InChI is InChI=1S/C16H19ClN4O2S/c1-9-6-13(14(23-3)7-12(9)17)19-15(22)10(2)24-16-20-18-8-21(16)11-4-5-11/h6-8,10-11H,4-5H2,1-3H3,(H,19,22). The van der Waals surface area contributed by atoms with E-state index in [4.69, 9.17) is 16.3 Å². The average Bonchev–Trinajstić information content (AvgIpc) is 3.30. The molecule has 1 saturated carbocycles. The van der Waals surface area contributed by atoms with Crippen molar-refractivity contribution in [3.05, 3.63) is 29.0 Å². The van der Waals surface area contributed by atoms with Crippen molar-refractivity contribution in [1.82, 2.24) is 14.8 Å². The molecule has 128 valence electrons. The fourth-order valence-corrected chi connectivity index (χ4v) is 3.34. The van der Waals surface area contributed by atoms with E-state index in [2.05, 4.69) is 15.5 Å². The maximum Gasteiger partial charge on any atom is 0.237 e. The number of halogens is 1. The Morgan fingerprint density at radius 3 is 2.92 bits per heavy atom. The topological polar surface area (TPSA) is 69.0 Å². The number of hydrogen-bond donors (Lipinski definition) is 1. The van der Waals surface area contributed by atoms with Gasteiger partial charge >= 0.3 is 0 Å². The number of nitrogens with zero attached hydrogens (tertiary/aromatic N) is 3. The van der Waals surface area contributed by atoms with Crippen molar-refractivity contribution in [3.8, 4) is 5.75 Å². The molecule has 24 heavy (non-hydrogen) atoms. The highest BCUT2D eigenvalue weighted by Gasteiger charge is 2.28. The SMILES string of the molecule is COc1cc(Cl)c(C)cc1NC(=O)C(C)Sc1nncn1C1CC1. The predicted octanol–water partition coefficient (Wildman–Crippen LogP) is 3.70. The van der Waals surface area contributed by atoms with E-state index in [-0.39, 0.29) is 11.2 Å². The zero-order chi connectivity index (χ0) is 17.3. The van der Waals surface area contributed by atoms with E-state index in [0.717, 1.165) is 23.6 Å². The van der Waals surface area contributed by atoms with Gasteiger partial charge in [0.25, 0.3) is 0 Å². The van der Waals surface area contributed by atoms with Gasteiger partial charge in [0.1, 0.15) is 12.1 Å². The van der Waals surface area contributed by atoms with Crippen molar-refractivity contribution in [2.75, 3.05) is 12.4 Å². The van der Waals surface area contributed by atoms with Gasteiger partial charge in [0.05, 0.1) is 18.0 Å². The molecule has 1 aromatic heterocycles. The molecule has 2 aromatic rings. The second kappa shape index (κ2) is 7.03. The lowest BCUT2D eigenvalue weighted by molar-refractivity contribution is -0.115. The largest absolute Gasteiger partial charge is 0.495 e. The summed E-state index contributed by atoms with van der Waals surface area (Å²) in [6.45, 7) is 3.73. The van der Waals surface area contributed by atoms with Crippen LogP contribution < -0.4 is 10.1 Å². The molecular formula is C16H19ClN4O2S. The Kier molecular flexibility index (Phi) is 5.01. The molecule has 1 aliphatic carbocycles. The van der Waals surface area contributed by atoms with Crippen molar-refractivity contribution >= 4 is 35.0 Å². The molecule has 0 radical (unpaired) electrons. The van der Waals surface area contributed by atoms with Gasteiger partial charge in [-0.2, -0.15) is 0 Å². The van der Waals surface area contributed by atoms with Crippen LogP contribution >= 0.6 is 23.4 Å². The van der Waals surface area contributed by atoms with Crippen LogP contribution in [-0.2, 0) is 4.79 Å². The summed E-state index contributed by atoms with van der Waals surface area (Å²) in [5.41, 5.74) is 1.49. The molecule has 1 atom stereocenters. The number of benzene rings is 1. The van der Waals surface area contributed by atoms with Gasteiger partial charge < -0.3 is 14.6 Å². The summed E-state index contributed by atoms with van der Waals surface area (Å²) >= 11 is 7.50. The number of rotatable bonds is 6. The molecule has 1 heterocycles. The molecule has 1 aromatic carbocycles. The number of thioether (sulfide) groups is 1. The summed E-state index contributed by atoms with van der Waals surface area (Å²) in [6, 6.07) is 3.99. The van der Waals surface area contributed by atoms with Crippen LogP contribution in [0.2, 0.25) is 5.02 Å². The molecule has 0 spiro atoms. The summed E-state index contributed by atoms with van der Waals surface area (Å²) in [6.07, 6.45) is 4.02. The number of nitrogens with one attached hydrogen (secondary N) is 1. The molecule has 1 aliphatic rings. The zero-order valence-corrected chi connectivity index (χ0v) is 15.3. The number of ether oxygens (including phenoxy) is 1. The van der Waals surface area contributed by atoms with Crippen molar-refractivity contribution in [2.45, 2.75) is 43.1 Å². The number of amides is 1. The predicted molar refractivity (Wildman–Crippen MR) is 95.0 cm³/mol. The van der Waals surface area contributed by atoms with Gasteiger partial charge in [-0.1, -0.05) is 23.4 Å². The molecule has 1 amide bonds. The molecule has 1 N–H and O–H groups in total. The Balaban J connectivity index is 1.70. The first kappa shape index (κ1) is 17.1. The molecule has 1 unspecified atom stereocenters. The first-order valence-corrected chi connectivity index (χ1v) is 8.96. The van der Waals surface area contributed by atoms with E-state index in [0.29, 0.717) is 22.5 Å². The highest BCUT2D eigenvalue weighted by atomic mass is 35.5. The molecule has 6 nitrogen and oxygen atoms in total. The Hall–Kier alpha value is -1.73. The second-order valence-corrected chi connectivity index (χ2v) is 7.52. The van der Waals surface area contributed by atoms with Crippen LogP contribution in [0.4, 0.5) is 5.69 Å². The summed E-state index contributed by atoms with van der Waals surface area (Å²) < 4.78 is 7.34. The van der Waals surface area contributed by atoms with Gasteiger partial charge in [0.15, 0.2) is 5.16 Å². The van der Waals surface area contributed by atoms with Gasteiger partial charge in [-0.05, 0) is 38.3 Å². The van der Waals surface area contributed by atoms with Crippen LogP contribution in [0.25, 0.3) is 0 Å². The first-order chi connectivity index (χ1) is 11.5. The maximum atomic E-state index is 12.5. The van der Waals surface area contributed by atoms with Crippen molar-refractivity contribution in [1.29, 1.82) is 0 Å². The van der Waals surface area contributed by atoms with Crippen LogP contribution in [-0.4, -0.2) is 33.0 Å². The Morgan fingerprint density at radius 1 is 1.50 bits per heavy atom. The lowest BCUT2D eigenvalue weighted by Crippen LogP contribution is -2.23. The lowest BCUT2D eigenvalue weighted by Gasteiger charge is -2.15. The smallest absolute Gasteiger partial charge is 0.237 e. The van der Waals surface area contributed by atoms with Gasteiger partial charge in [0, 0.05) is 17.1 Å². The monoisotopic (exact) mass is 366 g/mol. The molecule has 0 bridgehead atoms. The summed E-state index contributed by atoms with van der Waals surface area (Å²) in [5, 5.41) is 12.0. The Bertz CT molecular complexity index is 761. The Morgan fingerprint density at radius 2 is 2.25 bits per heavy atom. The first-order valence-electron chi connectivity index (χ1n) is 7.70. The average molecular weight is 367 g/mol. The molecule has 0 saturated heterocycles. The van der Waals surface area contributed by atoms with E-state index in [1.165, 1.54) is 11.8 Å². The third-order valence-electron chi connectivity index (χ3n) is 3.87. The van der Waals surface area contributed by atoms with Crippen molar-refractivity contribution in [2.24, 2.45) is 0 Å². The van der Waals surface area contributed by atoms with Gasteiger partial charge in [-0.3, -0.25) is 4.79 Å². The van der Waals surface area contributed by atoms with Crippen LogP contribution in [0.5, 0.6) is 5.75 Å². The normalized spacial score (nSPS) is 15.2. The van der Waals surface area contributed by atoms with Crippen LogP contribution in [0, 0.1) is 6.92 Å². The van der Waals surface area contributed by atoms with Crippen LogP contribution in [0.3, 0.4) is 0 Å². The number of anilines is 1. The zero-order valence-electron chi connectivity index (χ0n) is 13.7. The van der Waals surface area contributed by atoms with E-state index in [1.807, 2.05) is 24.5 Å². The fraction of sp³-hybridized carbons (Fsp3) is 0.438. The van der Waals surface area contributed by atoms with Gasteiger partial charge in [-0.25, -0.2) is 0 Å². The number of aromatic nitrogens is 3. The third kappa shape index (κ3) is 3.67. The number of carbonyl (C=O) groups excluding carboxylic acids is 1. The second-order valence-electron chi connectivity index (χ2n) is 5.80. The maximum absolute atomic E-state index is 12.5. The molecule has 3 rings (SSSR count). The summed E-state index contributed by atoms with van der Waals surface area (Å²) in [5.74, 6) is 0.419. The van der Waals surface area contributed by atoms with Crippen molar-refractivity contribution < 1.29 is 9.53 Å². The minimum Gasteiger partial charge on any atom is -0.495 e. The van der Waals surface area contributed by atoms with Crippen LogP contribution in [0.15, 0.2) is 23.6 Å². The Labute approximate surface area is 149 Å². The molecule has 8 heteroatoms. The number of hydrogen-bond acceptors (Lipinski definition) is 5. The highest BCUT2D eigenvalue weighted by molar-refractivity contribution is 8.00. The van der Waals surface area contributed by atoms with Crippen molar-refractivity contribution in [3.63, 3.8) is 0 Å². The van der Waals surface area contributed by atoms with Gasteiger partial charge in [-0.15, -0.1) is 10.2 Å². The highest BCUT2D eigenvalue weighted by Crippen LogP contribution is 2.38. The van der Waals surface area contributed by atoms with E-state index < -0.39 is 0 Å². The lowest BCUT2D eigenvalue weighted by atomic mass is 10.2. The van der Waals surface area contributed by atoms with Gasteiger partial charge in [0.2, 0.25) is 5.91 Å². The quantitative estimate of drug-likeness (QED) is 0.789. The summed E-state index contributed by atoms with van der Waals surface area (Å²) in [4.78, 5) is 12.5. The number of carbonyl (C=O) groups is 1. The minimum atomic E-state index is -0.313. The van der Waals surface area contributed by atoms with E-state index in [9.17, 15) is 4.79 Å². The van der Waals surface area contributed by atoms with Crippen LogP contribution in [0.1, 0.15) is 31.4 Å². The number of methoxy groups -OCH3 is 1. The fourth-order valence-electron chi connectivity index (χ4n) is 2.30. The van der Waals surface area contributed by atoms with E-state index in [1.54, 1.807) is 19.5 Å².